The van der Waals surface area contributed by atoms with Crippen LogP contribution in [0.5, 0.6) is 0 Å². The molecule has 26 heavy (non-hydrogen) atoms. The maximum absolute atomic E-state index is 12.6. The van der Waals surface area contributed by atoms with Gasteiger partial charge in [-0.15, -0.1) is 11.3 Å². The Labute approximate surface area is 153 Å². The van der Waals surface area contributed by atoms with Crippen LogP contribution in [-0.4, -0.2) is 65.9 Å². The molecule has 2 aromatic rings. The second-order valence-corrected chi connectivity index (χ2v) is 8.93. The molecular weight excluding hydrogens is 382 g/mol. The first-order chi connectivity index (χ1) is 12.3. The fourth-order valence-electron chi connectivity index (χ4n) is 2.64. The number of carbonyl (C=O) groups is 2. The lowest BCUT2D eigenvalue weighted by Crippen LogP contribution is -2.50. The van der Waals surface area contributed by atoms with Gasteiger partial charge in [-0.25, -0.2) is 13.2 Å². The highest BCUT2D eigenvalue weighted by molar-refractivity contribution is 7.91. The predicted octanol–water partition coefficient (Wildman–Crippen LogP) is 0.818. The van der Waals surface area contributed by atoms with Gasteiger partial charge in [0.15, 0.2) is 0 Å². The minimum Gasteiger partial charge on any atom is -0.478 e. The third-order valence-corrected chi connectivity index (χ3v) is 7.33. The summed E-state index contributed by atoms with van der Waals surface area (Å²) in [5, 5.41) is 14.0. The summed E-state index contributed by atoms with van der Waals surface area (Å²) < 4.78 is 31.4. The van der Waals surface area contributed by atoms with Gasteiger partial charge in [0, 0.05) is 37.6 Å². The molecule has 1 fully saturated rings. The second-order valence-electron chi connectivity index (χ2n) is 5.85. The maximum Gasteiger partial charge on any atom is 0.336 e. The predicted molar refractivity (Wildman–Crippen MR) is 91.6 cm³/mol. The number of piperazine rings is 1. The van der Waals surface area contributed by atoms with Gasteiger partial charge in [-0.1, -0.05) is 5.16 Å². The van der Waals surface area contributed by atoms with Crippen LogP contribution in [0.2, 0.25) is 0 Å². The van der Waals surface area contributed by atoms with Gasteiger partial charge in [0.1, 0.15) is 9.97 Å². The van der Waals surface area contributed by atoms with Crippen molar-refractivity contribution in [3.63, 3.8) is 0 Å². The van der Waals surface area contributed by atoms with Crippen molar-refractivity contribution >= 4 is 33.2 Å². The number of rotatable bonds is 5. The Kier molecular flexibility index (Phi) is 5.12. The highest BCUT2D eigenvalue weighted by Crippen LogP contribution is 2.25. The molecule has 140 valence electrons. The quantitative estimate of drug-likeness (QED) is 0.790. The number of aromatic nitrogens is 1. The topological polar surface area (TPSA) is 121 Å². The lowest BCUT2D eigenvalue weighted by atomic mass is 10.2. The number of thiophene rings is 1. The van der Waals surface area contributed by atoms with Gasteiger partial charge < -0.3 is 14.5 Å². The van der Waals surface area contributed by atoms with E-state index in [1.54, 1.807) is 17.9 Å². The number of hydrogen-bond acceptors (Lipinski definition) is 7. The molecule has 0 atom stereocenters. The summed E-state index contributed by atoms with van der Waals surface area (Å²) in [5.74, 6) is -0.679. The average Bonchev–Trinajstić information content (AvgIpc) is 3.24. The molecule has 1 amide bonds. The van der Waals surface area contributed by atoms with Crippen LogP contribution in [-0.2, 0) is 21.2 Å². The van der Waals surface area contributed by atoms with Crippen LogP contribution in [0.1, 0.15) is 21.8 Å². The smallest absolute Gasteiger partial charge is 0.336 e. The summed E-state index contributed by atoms with van der Waals surface area (Å²) in [6.45, 7) is 2.60. The van der Waals surface area contributed by atoms with E-state index in [0.29, 0.717) is 11.5 Å². The van der Waals surface area contributed by atoms with E-state index >= 15 is 0 Å². The number of aryl methyl sites for hydroxylation is 1. The molecule has 1 aliphatic rings. The highest BCUT2D eigenvalue weighted by atomic mass is 32.2. The summed E-state index contributed by atoms with van der Waals surface area (Å²) in [4.78, 5) is 24.8. The largest absolute Gasteiger partial charge is 0.478 e. The number of nitrogens with zero attached hydrogens (tertiary/aromatic N) is 3. The third kappa shape index (κ3) is 3.79. The summed E-state index contributed by atoms with van der Waals surface area (Å²) >= 11 is 0.880. The molecule has 1 saturated heterocycles. The zero-order valence-corrected chi connectivity index (χ0v) is 15.5. The van der Waals surface area contributed by atoms with Crippen molar-refractivity contribution in [2.24, 2.45) is 0 Å². The van der Waals surface area contributed by atoms with E-state index < -0.39 is 16.0 Å². The second kappa shape index (κ2) is 7.17. The molecule has 3 rings (SSSR count). The van der Waals surface area contributed by atoms with Crippen LogP contribution in [0.25, 0.3) is 0 Å². The first kappa shape index (κ1) is 18.5. The van der Waals surface area contributed by atoms with Gasteiger partial charge in [0.2, 0.25) is 5.91 Å². The van der Waals surface area contributed by atoms with Gasteiger partial charge in [-0.05, 0) is 13.0 Å². The zero-order chi connectivity index (χ0) is 18.9. The summed E-state index contributed by atoms with van der Waals surface area (Å²) in [6, 6.07) is 2.85. The van der Waals surface area contributed by atoms with Crippen molar-refractivity contribution in [1.82, 2.24) is 14.4 Å². The monoisotopic (exact) mass is 399 g/mol. The Morgan fingerprint density at radius 1 is 1.27 bits per heavy atom. The molecule has 9 nitrogen and oxygen atoms in total. The molecule has 0 bridgehead atoms. The lowest BCUT2D eigenvalue weighted by Gasteiger charge is -2.33. The highest BCUT2D eigenvalue weighted by Gasteiger charge is 2.31. The van der Waals surface area contributed by atoms with Gasteiger partial charge in [0.25, 0.3) is 10.0 Å². The van der Waals surface area contributed by atoms with Crippen LogP contribution in [0, 0.1) is 6.92 Å². The van der Waals surface area contributed by atoms with E-state index in [0.717, 1.165) is 17.4 Å². The number of carboxylic acid groups (broad SMARTS) is 1. The van der Waals surface area contributed by atoms with E-state index in [2.05, 4.69) is 5.16 Å². The van der Waals surface area contributed by atoms with E-state index in [4.69, 9.17) is 9.63 Å². The first-order valence-electron chi connectivity index (χ1n) is 7.79. The number of carboxylic acids is 1. The van der Waals surface area contributed by atoms with E-state index in [1.807, 2.05) is 0 Å². The molecule has 3 heterocycles. The fourth-order valence-corrected chi connectivity index (χ4v) is 5.37. The molecule has 11 heteroatoms. The molecule has 1 N–H and O–H groups in total. The number of carbonyl (C=O) groups excluding carboxylic acids is 1. The van der Waals surface area contributed by atoms with E-state index in [1.165, 1.54) is 9.69 Å². The Balaban J connectivity index is 1.61. The van der Waals surface area contributed by atoms with Crippen LogP contribution in [0.3, 0.4) is 0 Å². The molecule has 2 aromatic heterocycles. The normalized spacial score (nSPS) is 16.0. The van der Waals surface area contributed by atoms with Gasteiger partial charge in [-0.2, -0.15) is 4.31 Å². The Morgan fingerprint density at radius 2 is 1.96 bits per heavy atom. The molecule has 0 saturated carbocycles. The number of sulfonamides is 1. The first-order valence-corrected chi connectivity index (χ1v) is 10.1. The van der Waals surface area contributed by atoms with E-state index in [-0.39, 0.29) is 48.3 Å². The van der Waals surface area contributed by atoms with Gasteiger partial charge in [0.05, 0.1) is 17.7 Å². The molecule has 0 aliphatic carbocycles. The van der Waals surface area contributed by atoms with Gasteiger partial charge >= 0.3 is 5.97 Å². The zero-order valence-electron chi connectivity index (χ0n) is 13.9. The number of aromatic carboxylic acids is 1. The number of hydrogen-bond donors (Lipinski definition) is 1. The van der Waals surface area contributed by atoms with Gasteiger partial charge in [-0.3, -0.25) is 4.79 Å². The molecule has 0 spiro atoms. The van der Waals surface area contributed by atoms with E-state index in [9.17, 15) is 18.0 Å². The van der Waals surface area contributed by atoms with Crippen molar-refractivity contribution in [3.8, 4) is 0 Å². The van der Waals surface area contributed by atoms with Crippen molar-refractivity contribution < 1.29 is 27.6 Å². The minimum atomic E-state index is -3.76. The molecule has 1 aliphatic heterocycles. The Bertz CT molecular complexity index is 925. The summed E-state index contributed by atoms with van der Waals surface area (Å²) in [6.07, 6.45) is 0.108. The fraction of sp³-hybridized carbons (Fsp3) is 0.400. The van der Waals surface area contributed by atoms with Crippen molar-refractivity contribution in [1.29, 1.82) is 0 Å². The Hall–Kier alpha value is -2.24. The maximum atomic E-state index is 12.6. The summed E-state index contributed by atoms with van der Waals surface area (Å²) in [7, 11) is -3.76. The van der Waals surface area contributed by atoms with Crippen molar-refractivity contribution in [2.75, 3.05) is 26.2 Å². The van der Waals surface area contributed by atoms with Crippen LogP contribution < -0.4 is 0 Å². The summed E-state index contributed by atoms with van der Waals surface area (Å²) in [5.41, 5.74) is 0.493. The Morgan fingerprint density at radius 3 is 2.50 bits per heavy atom. The standard InChI is InChI=1S/C15H17N3O6S2/c1-10-6-12(16-24-10)8-13(19)17-2-4-18(5-3-17)26(22,23)14-7-11(9-25-14)15(20)21/h6-7,9H,2-5,8H2,1H3,(H,20,21). The average molecular weight is 399 g/mol. The van der Waals surface area contributed by atoms with Crippen LogP contribution in [0.15, 0.2) is 26.2 Å². The number of amides is 1. The molecule has 0 unspecified atom stereocenters. The minimum absolute atomic E-state index is 0.00671. The molecular formula is C15H17N3O6S2. The van der Waals surface area contributed by atoms with Crippen molar-refractivity contribution in [2.45, 2.75) is 17.6 Å². The third-order valence-electron chi connectivity index (χ3n) is 4.02. The lowest BCUT2D eigenvalue weighted by molar-refractivity contribution is -0.131. The molecule has 0 aromatic carbocycles. The van der Waals surface area contributed by atoms with Crippen LogP contribution in [0.4, 0.5) is 0 Å². The molecule has 0 radical (unpaired) electrons. The SMILES string of the molecule is Cc1cc(CC(=O)N2CCN(S(=O)(=O)c3cc(C(=O)O)cs3)CC2)no1. The van der Waals surface area contributed by atoms with Crippen molar-refractivity contribution in [3.05, 3.63) is 34.5 Å². The van der Waals surface area contributed by atoms with Crippen LogP contribution >= 0.6 is 11.3 Å².